The Labute approximate surface area is 252 Å². The highest BCUT2D eigenvalue weighted by molar-refractivity contribution is 7.99. The van der Waals surface area contributed by atoms with Crippen molar-refractivity contribution in [1.82, 2.24) is 15.0 Å². The van der Waals surface area contributed by atoms with E-state index in [0.29, 0.717) is 27.7 Å². The predicted molar refractivity (Wildman–Crippen MR) is 171 cm³/mol. The van der Waals surface area contributed by atoms with Gasteiger partial charge in [-0.15, -0.1) is 11.3 Å². The van der Waals surface area contributed by atoms with Crippen molar-refractivity contribution in [3.8, 4) is 22.6 Å². The Bertz CT molecular complexity index is 1830. The smallest absolute Gasteiger partial charge is 0.267 e. The quantitative estimate of drug-likeness (QED) is 0.0943. The molecule has 1 aliphatic carbocycles. The number of ether oxygens (including phenoxy) is 1. The number of hydrogen-bond donors (Lipinski definition) is 1. The lowest BCUT2D eigenvalue weighted by molar-refractivity contribution is -0.118. The lowest BCUT2D eigenvalue weighted by atomic mass is 9.97. The van der Waals surface area contributed by atoms with E-state index in [1.807, 2.05) is 73.7 Å². The molecule has 0 atom stereocenters. The first-order valence-electron chi connectivity index (χ1n) is 13.9. The van der Waals surface area contributed by atoms with Crippen LogP contribution in [-0.4, -0.2) is 34.0 Å². The number of aromatic nitrogens is 2. The molecule has 1 amide bonds. The van der Waals surface area contributed by atoms with Crippen LogP contribution in [-0.2, 0) is 17.6 Å². The zero-order valence-corrected chi connectivity index (χ0v) is 25.1. The highest BCUT2D eigenvalue weighted by Gasteiger charge is 2.23. The van der Waals surface area contributed by atoms with Gasteiger partial charge >= 0.3 is 0 Å². The summed E-state index contributed by atoms with van der Waals surface area (Å²) < 4.78 is 6.92. The van der Waals surface area contributed by atoms with Crippen molar-refractivity contribution in [2.24, 2.45) is 5.10 Å². The summed E-state index contributed by atoms with van der Waals surface area (Å²) in [5, 5.41) is 5.51. The number of carbonyl (C=O) groups excluding carboxylic acids is 1. The van der Waals surface area contributed by atoms with Crippen LogP contribution in [0.15, 0.2) is 93.9 Å². The Morgan fingerprint density at radius 1 is 1.00 bits per heavy atom. The fraction of sp³-hybridized carbons (Fsp3) is 0.212. The number of nitrogens with zero attached hydrogens (tertiary/aromatic N) is 3. The molecule has 0 bridgehead atoms. The van der Waals surface area contributed by atoms with Crippen molar-refractivity contribution in [1.29, 1.82) is 0 Å². The number of methoxy groups -OCH3 is 1. The maximum absolute atomic E-state index is 13.9. The van der Waals surface area contributed by atoms with E-state index in [1.54, 1.807) is 23.0 Å². The lowest BCUT2D eigenvalue weighted by Gasteiger charge is -2.14. The largest absolute Gasteiger partial charge is 0.497 e. The van der Waals surface area contributed by atoms with Gasteiger partial charge in [-0.25, -0.2) is 10.4 Å². The second-order valence-corrected chi connectivity index (χ2v) is 12.1. The van der Waals surface area contributed by atoms with Gasteiger partial charge in [-0.1, -0.05) is 66.4 Å². The van der Waals surface area contributed by atoms with Crippen molar-refractivity contribution in [3.05, 3.63) is 105 Å². The first kappa shape index (κ1) is 27.9. The summed E-state index contributed by atoms with van der Waals surface area (Å²) in [6.45, 7) is 1.86. The summed E-state index contributed by atoms with van der Waals surface area (Å²) in [5.74, 6) is 0.481. The molecular formula is C33H30N4O3S2. The molecule has 3 aromatic carbocycles. The monoisotopic (exact) mass is 594 g/mol. The van der Waals surface area contributed by atoms with Crippen LogP contribution in [0.3, 0.4) is 0 Å². The van der Waals surface area contributed by atoms with Gasteiger partial charge in [0.2, 0.25) is 0 Å². The van der Waals surface area contributed by atoms with Gasteiger partial charge in [0.1, 0.15) is 10.6 Å². The van der Waals surface area contributed by atoms with Gasteiger partial charge in [0.15, 0.2) is 5.16 Å². The van der Waals surface area contributed by atoms with Crippen LogP contribution in [0, 0.1) is 0 Å². The molecule has 1 aliphatic rings. The maximum atomic E-state index is 13.9. The molecule has 0 saturated heterocycles. The molecular weight excluding hydrogens is 565 g/mol. The van der Waals surface area contributed by atoms with Crippen LogP contribution in [0.1, 0.15) is 35.8 Å². The Morgan fingerprint density at radius 3 is 2.45 bits per heavy atom. The van der Waals surface area contributed by atoms with Crippen LogP contribution in [0.4, 0.5) is 0 Å². The molecule has 0 fully saturated rings. The molecule has 0 unspecified atom stereocenters. The normalized spacial score (nSPS) is 13.1. The van der Waals surface area contributed by atoms with Crippen LogP contribution < -0.4 is 15.7 Å². The first-order valence-corrected chi connectivity index (χ1v) is 15.7. The summed E-state index contributed by atoms with van der Waals surface area (Å²) in [6.07, 6.45) is 4.09. The Kier molecular flexibility index (Phi) is 8.21. The average Bonchev–Trinajstić information content (AvgIpc) is 3.42. The van der Waals surface area contributed by atoms with Crippen molar-refractivity contribution < 1.29 is 9.53 Å². The van der Waals surface area contributed by atoms with E-state index in [1.165, 1.54) is 16.6 Å². The van der Waals surface area contributed by atoms with Gasteiger partial charge in [0, 0.05) is 4.88 Å². The number of hydrogen-bond acceptors (Lipinski definition) is 7. The zero-order chi connectivity index (χ0) is 29.1. The number of amides is 1. The fourth-order valence-corrected chi connectivity index (χ4v) is 7.26. The molecule has 7 nitrogen and oxygen atoms in total. The first-order chi connectivity index (χ1) is 20.5. The molecule has 42 heavy (non-hydrogen) atoms. The minimum Gasteiger partial charge on any atom is -0.497 e. The third kappa shape index (κ3) is 5.75. The van der Waals surface area contributed by atoms with E-state index in [9.17, 15) is 9.59 Å². The molecule has 5 aromatic rings. The minimum atomic E-state index is -0.277. The number of thioether (sulfide) groups is 1. The van der Waals surface area contributed by atoms with Crippen molar-refractivity contribution in [2.45, 2.75) is 37.8 Å². The summed E-state index contributed by atoms with van der Waals surface area (Å²) in [5.41, 5.74) is 8.27. The van der Waals surface area contributed by atoms with E-state index in [-0.39, 0.29) is 17.2 Å². The predicted octanol–water partition coefficient (Wildman–Crippen LogP) is 6.63. The second-order valence-electron chi connectivity index (χ2n) is 10.1. The minimum absolute atomic E-state index is 0.0584. The van der Waals surface area contributed by atoms with E-state index in [0.717, 1.165) is 52.8 Å². The summed E-state index contributed by atoms with van der Waals surface area (Å²) >= 11 is 2.83. The molecule has 0 saturated carbocycles. The number of hydrazone groups is 1. The Hall–Kier alpha value is -4.21. The molecule has 9 heteroatoms. The third-order valence-electron chi connectivity index (χ3n) is 7.38. The van der Waals surface area contributed by atoms with Gasteiger partial charge in [0.05, 0.1) is 29.6 Å². The van der Waals surface area contributed by atoms with Gasteiger partial charge in [-0.2, -0.15) is 5.10 Å². The Balaban J connectivity index is 1.22. The van der Waals surface area contributed by atoms with Gasteiger partial charge in [-0.3, -0.25) is 14.2 Å². The molecule has 212 valence electrons. The number of thiophene rings is 1. The van der Waals surface area contributed by atoms with Crippen molar-refractivity contribution in [3.63, 3.8) is 0 Å². The fourth-order valence-electron chi connectivity index (χ4n) is 5.15. The second kappa shape index (κ2) is 12.3. The highest BCUT2D eigenvalue weighted by atomic mass is 32.2. The van der Waals surface area contributed by atoms with Gasteiger partial charge in [-0.05, 0) is 79.1 Å². The molecule has 6 rings (SSSR count). The number of aryl methyl sites for hydroxylation is 2. The van der Waals surface area contributed by atoms with Gasteiger partial charge in [0.25, 0.3) is 11.5 Å². The summed E-state index contributed by atoms with van der Waals surface area (Å²) in [4.78, 5) is 33.7. The maximum Gasteiger partial charge on any atom is 0.267 e. The van der Waals surface area contributed by atoms with Crippen molar-refractivity contribution in [2.75, 3.05) is 12.9 Å². The van der Waals surface area contributed by atoms with Crippen LogP contribution >= 0.6 is 23.1 Å². The molecule has 2 aromatic heterocycles. The summed E-state index contributed by atoms with van der Waals surface area (Å²) in [7, 11) is 1.61. The molecule has 0 radical (unpaired) electrons. The van der Waals surface area contributed by atoms with E-state index in [2.05, 4.69) is 22.7 Å². The molecule has 2 heterocycles. The number of fused-ring (bicyclic) bond motifs is 3. The van der Waals surface area contributed by atoms with Crippen LogP contribution in [0.2, 0.25) is 0 Å². The number of rotatable bonds is 8. The number of benzene rings is 3. The topological polar surface area (TPSA) is 85.6 Å². The van der Waals surface area contributed by atoms with Crippen LogP contribution in [0.5, 0.6) is 5.75 Å². The highest BCUT2D eigenvalue weighted by Crippen LogP contribution is 2.35. The number of carbonyl (C=O) groups is 1. The lowest BCUT2D eigenvalue weighted by Crippen LogP contribution is -2.24. The van der Waals surface area contributed by atoms with E-state index < -0.39 is 0 Å². The SMILES string of the molecule is COc1ccc(-n2c(SCC(=O)NN=C(C)c3ccc(-c4ccccc4)cc3)nc3sc4c(c3c2=O)CCCC4)cc1. The molecule has 0 aliphatic heterocycles. The molecule has 0 spiro atoms. The number of nitrogens with one attached hydrogen (secondary N) is 1. The van der Waals surface area contributed by atoms with Gasteiger partial charge < -0.3 is 4.74 Å². The molecule has 1 N–H and O–H groups in total. The third-order valence-corrected chi connectivity index (χ3v) is 9.50. The van der Waals surface area contributed by atoms with Crippen LogP contribution in [0.25, 0.3) is 27.0 Å². The standard InChI is InChI=1S/C33H30N4O3S2/c1-21(22-12-14-24(15-13-22)23-8-4-3-5-9-23)35-36-29(38)20-41-33-34-31-30(27-10-6-7-11-28(27)42-31)32(39)37(33)25-16-18-26(40-2)19-17-25/h3-5,8-9,12-19H,6-7,10-11,20H2,1-2H3,(H,36,38). The summed E-state index contributed by atoms with van der Waals surface area (Å²) in [6, 6.07) is 25.6. The van der Waals surface area contributed by atoms with E-state index in [4.69, 9.17) is 9.72 Å². The van der Waals surface area contributed by atoms with E-state index >= 15 is 0 Å². The zero-order valence-electron chi connectivity index (χ0n) is 23.4. The Morgan fingerprint density at radius 2 is 1.71 bits per heavy atom. The van der Waals surface area contributed by atoms with Crippen molar-refractivity contribution >= 4 is 44.9 Å². The average molecular weight is 595 g/mol.